The molecule has 0 saturated carbocycles. The van der Waals surface area contributed by atoms with Gasteiger partial charge in [-0.25, -0.2) is 4.98 Å². The van der Waals surface area contributed by atoms with Crippen molar-refractivity contribution in [2.45, 2.75) is 34.1 Å². The van der Waals surface area contributed by atoms with Crippen LogP contribution in [-0.4, -0.2) is 27.7 Å². The summed E-state index contributed by atoms with van der Waals surface area (Å²) < 4.78 is 2.02. The maximum atomic E-state index is 6.17. The van der Waals surface area contributed by atoms with Gasteiger partial charge in [-0.15, -0.1) is 0 Å². The summed E-state index contributed by atoms with van der Waals surface area (Å²) in [6.45, 7) is 11.0. The van der Waals surface area contributed by atoms with E-state index in [1.54, 1.807) is 0 Å². The second-order valence-corrected chi connectivity index (χ2v) is 8.24. The van der Waals surface area contributed by atoms with Gasteiger partial charge in [0.1, 0.15) is 5.82 Å². The standard InChI is InChI=1S/C21H25ClN4/c1-13-8-14(2)12-25(11-13)21-15(3)16(4)23-20-10-19(24-26(20)21)17-6-5-7-18(22)9-17/h5-7,9-10,13-14H,8,11-12H2,1-4H3/t13-,14-/m1/s1. The Hall–Kier alpha value is -2.07. The fraction of sp³-hybridized carbons (Fsp3) is 0.429. The molecule has 0 bridgehead atoms. The number of hydrogen-bond donors (Lipinski definition) is 0. The lowest BCUT2D eigenvalue weighted by Crippen LogP contribution is -2.40. The van der Waals surface area contributed by atoms with E-state index < -0.39 is 0 Å². The van der Waals surface area contributed by atoms with Crippen molar-refractivity contribution >= 4 is 23.1 Å². The molecule has 1 aromatic carbocycles. The van der Waals surface area contributed by atoms with Crippen LogP contribution in [-0.2, 0) is 0 Å². The first-order valence-corrected chi connectivity index (χ1v) is 9.68. The zero-order valence-electron chi connectivity index (χ0n) is 15.8. The van der Waals surface area contributed by atoms with Crippen molar-refractivity contribution in [2.75, 3.05) is 18.0 Å². The summed E-state index contributed by atoms with van der Waals surface area (Å²) in [6.07, 6.45) is 1.29. The van der Waals surface area contributed by atoms with Gasteiger partial charge in [0.05, 0.1) is 5.69 Å². The number of aromatic nitrogens is 3. The smallest absolute Gasteiger partial charge is 0.158 e. The summed E-state index contributed by atoms with van der Waals surface area (Å²) in [5, 5.41) is 5.63. The maximum absolute atomic E-state index is 6.17. The molecule has 1 saturated heterocycles. The van der Waals surface area contributed by atoms with Crippen LogP contribution in [0.15, 0.2) is 30.3 Å². The molecule has 0 aliphatic carbocycles. The molecule has 5 heteroatoms. The van der Waals surface area contributed by atoms with E-state index in [-0.39, 0.29) is 0 Å². The number of fused-ring (bicyclic) bond motifs is 1. The molecule has 3 heterocycles. The molecule has 26 heavy (non-hydrogen) atoms. The fourth-order valence-electron chi connectivity index (χ4n) is 4.18. The normalized spacial score (nSPS) is 20.7. The van der Waals surface area contributed by atoms with Crippen LogP contribution < -0.4 is 4.90 Å². The minimum Gasteiger partial charge on any atom is -0.356 e. The van der Waals surface area contributed by atoms with Gasteiger partial charge in [-0.2, -0.15) is 9.61 Å². The number of anilines is 1. The predicted molar refractivity (Wildman–Crippen MR) is 108 cm³/mol. The maximum Gasteiger partial charge on any atom is 0.158 e. The number of aryl methyl sites for hydroxylation is 1. The van der Waals surface area contributed by atoms with Crippen molar-refractivity contribution in [1.29, 1.82) is 0 Å². The molecule has 3 aromatic rings. The molecular weight excluding hydrogens is 344 g/mol. The van der Waals surface area contributed by atoms with Crippen LogP contribution in [0.3, 0.4) is 0 Å². The minimum atomic E-state index is 0.685. The van der Waals surface area contributed by atoms with Gasteiger partial charge < -0.3 is 4.90 Å². The lowest BCUT2D eigenvalue weighted by atomic mass is 9.91. The van der Waals surface area contributed by atoms with E-state index in [2.05, 4.69) is 38.7 Å². The number of benzene rings is 1. The Morgan fingerprint density at radius 3 is 2.50 bits per heavy atom. The van der Waals surface area contributed by atoms with Crippen LogP contribution in [0.5, 0.6) is 0 Å². The summed E-state index contributed by atoms with van der Waals surface area (Å²) in [6, 6.07) is 9.89. The average Bonchev–Trinajstić information content (AvgIpc) is 2.98. The summed E-state index contributed by atoms with van der Waals surface area (Å²) in [4.78, 5) is 7.27. The van der Waals surface area contributed by atoms with Crippen LogP contribution in [0.1, 0.15) is 31.5 Å². The van der Waals surface area contributed by atoms with Gasteiger partial charge in [0.2, 0.25) is 0 Å². The summed E-state index contributed by atoms with van der Waals surface area (Å²) in [5.74, 6) is 2.55. The number of nitrogens with zero attached hydrogens (tertiary/aromatic N) is 4. The van der Waals surface area contributed by atoms with E-state index in [1.165, 1.54) is 17.8 Å². The highest BCUT2D eigenvalue weighted by Gasteiger charge is 2.26. The first-order valence-electron chi connectivity index (χ1n) is 9.30. The van der Waals surface area contributed by atoms with Gasteiger partial charge in [-0.1, -0.05) is 37.6 Å². The number of hydrogen-bond acceptors (Lipinski definition) is 3. The molecule has 0 spiro atoms. The van der Waals surface area contributed by atoms with Gasteiger partial charge in [-0.3, -0.25) is 0 Å². The molecule has 1 fully saturated rings. The van der Waals surface area contributed by atoms with E-state index in [9.17, 15) is 0 Å². The third-order valence-electron chi connectivity index (χ3n) is 5.34. The van der Waals surface area contributed by atoms with E-state index >= 15 is 0 Å². The lowest BCUT2D eigenvalue weighted by molar-refractivity contribution is 0.354. The van der Waals surface area contributed by atoms with Crippen molar-refractivity contribution in [1.82, 2.24) is 14.6 Å². The number of rotatable bonds is 2. The van der Waals surface area contributed by atoms with Crippen LogP contribution >= 0.6 is 11.6 Å². The van der Waals surface area contributed by atoms with Gasteiger partial charge in [0.25, 0.3) is 0 Å². The molecule has 2 atom stereocenters. The Morgan fingerprint density at radius 2 is 1.81 bits per heavy atom. The topological polar surface area (TPSA) is 33.4 Å². The highest BCUT2D eigenvalue weighted by molar-refractivity contribution is 6.30. The molecule has 0 unspecified atom stereocenters. The van der Waals surface area contributed by atoms with Crippen LogP contribution in [0.25, 0.3) is 16.9 Å². The minimum absolute atomic E-state index is 0.685. The van der Waals surface area contributed by atoms with Crippen molar-refractivity contribution in [3.8, 4) is 11.3 Å². The highest BCUT2D eigenvalue weighted by Crippen LogP contribution is 2.31. The van der Waals surface area contributed by atoms with Crippen LogP contribution in [0.2, 0.25) is 5.02 Å². The predicted octanol–water partition coefficient (Wildman–Crippen LogP) is 5.15. The van der Waals surface area contributed by atoms with Crippen molar-refractivity contribution in [3.63, 3.8) is 0 Å². The van der Waals surface area contributed by atoms with E-state index in [1.807, 2.05) is 28.8 Å². The molecule has 136 valence electrons. The molecule has 1 aliphatic heterocycles. The van der Waals surface area contributed by atoms with Crippen LogP contribution in [0, 0.1) is 25.7 Å². The first kappa shape index (κ1) is 17.3. The highest BCUT2D eigenvalue weighted by atomic mass is 35.5. The second kappa shape index (κ2) is 6.58. The third-order valence-corrected chi connectivity index (χ3v) is 5.58. The summed E-state index contributed by atoms with van der Waals surface area (Å²) >= 11 is 6.17. The van der Waals surface area contributed by atoms with Gasteiger partial charge in [0, 0.05) is 41.0 Å². The third kappa shape index (κ3) is 3.07. The van der Waals surface area contributed by atoms with Crippen molar-refractivity contribution < 1.29 is 0 Å². The monoisotopic (exact) mass is 368 g/mol. The molecule has 4 rings (SSSR count). The Kier molecular flexibility index (Phi) is 4.39. The molecule has 1 aliphatic rings. The van der Waals surface area contributed by atoms with Gasteiger partial charge in [-0.05, 0) is 44.2 Å². The molecular formula is C21H25ClN4. The SMILES string of the molecule is Cc1nc2cc(-c3cccc(Cl)c3)nn2c(N2C[C@H](C)C[C@@H](C)C2)c1C. The molecule has 0 amide bonds. The second-order valence-electron chi connectivity index (χ2n) is 7.81. The van der Waals surface area contributed by atoms with E-state index in [4.69, 9.17) is 21.7 Å². The van der Waals surface area contributed by atoms with Gasteiger partial charge >= 0.3 is 0 Å². The number of halogens is 1. The average molecular weight is 369 g/mol. The lowest BCUT2D eigenvalue weighted by Gasteiger charge is -2.37. The summed E-state index contributed by atoms with van der Waals surface area (Å²) in [7, 11) is 0. The number of piperidine rings is 1. The zero-order chi connectivity index (χ0) is 18.4. The van der Waals surface area contributed by atoms with Crippen LogP contribution in [0.4, 0.5) is 5.82 Å². The largest absolute Gasteiger partial charge is 0.356 e. The Bertz CT molecular complexity index is 952. The first-order chi connectivity index (χ1) is 12.4. The summed E-state index contributed by atoms with van der Waals surface area (Å²) in [5.41, 5.74) is 5.09. The Labute approximate surface area is 159 Å². The molecule has 4 nitrogen and oxygen atoms in total. The van der Waals surface area contributed by atoms with Crippen molar-refractivity contribution in [3.05, 3.63) is 46.6 Å². The molecule has 2 aromatic heterocycles. The van der Waals surface area contributed by atoms with E-state index in [0.717, 1.165) is 40.7 Å². The fourth-order valence-corrected chi connectivity index (χ4v) is 4.37. The van der Waals surface area contributed by atoms with Crippen molar-refractivity contribution in [2.24, 2.45) is 11.8 Å². The molecule has 0 radical (unpaired) electrons. The zero-order valence-corrected chi connectivity index (χ0v) is 16.6. The van der Waals surface area contributed by atoms with E-state index in [0.29, 0.717) is 11.8 Å². The Morgan fingerprint density at radius 1 is 1.08 bits per heavy atom. The molecule has 0 N–H and O–H groups in total. The van der Waals surface area contributed by atoms with Gasteiger partial charge in [0.15, 0.2) is 5.65 Å². The quantitative estimate of drug-likeness (QED) is 0.627. The Balaban J connectivity index is 1.87.